The molecule has 0 radical (unpaired) electrons. The summed E-state index contributed by atoms with van der Waals surface area (Å²) in [6.45, 7) is 2.72. The SMILES string of the molecule is CCOc1ccc(N2C[C@@H](C(=O)Nc3ccc(S(=O)(=O)Nc4nccs4)cc3)CC2=O)cc1. The fourth-order valence-corrected chi connectivity index (χ4v) is 5.22. The predicted octanol–water partition coefficient (Wildman–Crippen LogP) is 3.33. The number of anilines is 3. The lowest BCUT2D eigenvalue weighted by Gasteiger charge is -2.17. The maximum atomic E-state index is 12.7. The first kappa shape index (κ1) is 22.7. The fraction of sp³-hybridized carbons (Fsp3) is 0.227. The number of nitrogens with one attached hydrogen (secondary N) is 2. The van der Waals surface area contributed by atoms with Crippen LogP contribution in [0.4, 0.5) is 16.5 Å². The minimum atomic E-state index is -3.77. The van der Waals surface area contributed by atoms with Crippen molar-refractivity contribution in [2.24, 2.45) is 5.92 Å². The van der Waals surface area contributed by atoms with Gasteiger partial charge in [0.25, 0.3) is 10.0 Å². The standard InChI is InChI=1S/C22H22N4O5S2/c1-2-31-18-7-5-17(6-8-18)26-14-15(13-20(26)27)21(28)24-16-3-9-19(10-4-16)33(29,30)25-22-23-11-12-32-22/h3-12,15H,2,13-14H2,1H3,(H,23,25)(H,24,28)/t15-/m0/s1. The number of nitrogens with zero attached hydrogens (tertiary/aromatic N) is 2. The van der Waals surface area contributed by atoms with E-state index in [4.69, 9.17) is 4.74 Å². The van der Waals surface area contributed by atoms with Gasteiger partial charge in [-0.15, -0.1) is 11.3 Å². The van der Waals surface area contributed by atoms with E-state index in [9.17, 15) is 18.0 Å². The second-order valence-electron chi connectivity index (χ2n) is 7.29. The zero-order valence-corrected chi connectivity index (χ0v) is 19.4. The largest absolute Gasteiger partial charge is 0.494 e. The number of hydrogen-bond donors (Lipinski definition) is 2. The molecule has 1 aromatic heterocycles. The van der Waals surface area contributed by atoms with Gasteiger partial charge in [0.15, 0.2) is 5.13 Å². The number of aromatic nitrogens is 1. The van der Waals surface area contributed by atoms with Crippen LogP contribution in [-0.4, -0.2) is 38.4 Å². The van der Waals surface area contributed by atoms with Crippen molar-refractivity contribution in [1.29, 1.82) is 0 Å². The number of carbonyl (C=O) groups excluding carboxylic acids is 2. The van der Waals surface area contributed by atoms with Gasteiger partial charge in [-0.3, -0.25) is 14.3 Å². The first-order chi connectivity index (χ1) is 15.9. The Morgan fingerprint density at radius 3 is 2.55 bits per heavy atom. The molecule has 0 unspecified atom stereocenters. The Labute approximate surface area is 195 Å². The molecule has 2 heterocycles. The van der Waals surface area contributed by atoms with Gasteiger partial charge in [0, 0.05) is 35.9 Å². The van der Waals surface area contributed by atoms with Gasteiger partial charge in [-0.1, -0.05) is 0 Å². The van der Waals surface area contributed by atoms with Crippen LogP contribution in [0, 0.1) is 5.92 Å². The molecule has 1 aliphatic rings. The Morgan fingerprint density at radius 1 is 1.18 bits per heavy atom. The highest BCUT2D eigenvalue weighted by Crippen LogP contribution is 2.28. The Hall–Kier alpha value is -3.44. The molecule has 1 aliphatic heterocycles. The summed E-state index contributed by atoms with van der Waals surface area (Å²) in [5.41, 5.74) is 1.15. The molecule has 2 N–H and O–H groups in total. The summed E-state index contributed by atoms with van der Waals surface area (Å²) in [4.78, 5) is 30.7. The monoisotopic (exact) mass is 486 g/mol. The maximum Gasteiger partial charge on any atom is 0.263 e. The molecule has 11 heteroatoms. The third-order valence-electron chi connectivity index (χ3n) is 5.04. The molecule has 2 amide bonds. The van der Waals surface area contributed by atoms with Gasteiger partial charge in [-0.2, -0.15) is 0 Å². The van der Waals surface area contributed by atoms with Gasteiger partial charge >= 0.3 is 0 Å². The summed E-state index contributed by atoms with van der Waals surface area (Å²) < 4.78 is 32.7. The molecule has 3 aromatic rings. The molecule has 0 saturated carbocycles. The normalized spacial score (nSPS) is 16.0. The van der Waals surface area contributed by atoms with Crippen LogP contribution in [0.15, 0.2) is 65.0 Å². The second kappa shape index (κ2) is 9.59. The Bertz CT molecular complexity index is 1230. The molecule has 0 spiro atoms. The highest BCUT2D eigenvalue weighted by molar-refractivity contribution is 7.93. The minimum Gasteiger partial charge on any atom is -0.494 e. The molecule has 0 bridgehead atoms. The number of carbonyl (C=O) groups is 2. The van der Waals surface area contributed by atoms with E-state index in [1.54, 1.807) is 34.5 Å². The number of sulfonamides is 1. The van der Waals surface area contributed by atoms with Crippen molar-refractivity contribution in [1.82, 2.24) is 4.98 Å². The van der Waals surface area contributed by atoms with Crippen molar-refractivity contribution in [3.63, 3.8) is 0 Å². The highest BCUT2D eigenvalue weighted by Gasteiger charge is 2.35. The molecule has 2 aromatic carbocycles. The zero-order valence-electron chi connectivity index (χ0n) is 17.7. The molecular weight excluding hydrogens is 464 g/mol. The number of benzene rings is 2. The van der Waals surface area contributed by atoms with Crippen molar-refractivity contribution in [2.75, 3.05) is 28.1 Å². The molecule has 4 rings (SSSR count). The summed E-state index contributed by atoms with van der Waals surface area (Å²) >= 11 is 1.18. The maximum absolute atomic E-state index is 12.7. The number of hydrogen-bond acceptors (Lipinski definition) is 7. The van der Waals surface area contributed by atoms with Crippen LogP contribution in [0.25, 0.3) is 0 Å². The molecular formula is C22H22N4O5S2. The number of amides is 2. The molecule has 1 saturated heterocycles. The fourth-order valence-electron chi connectivity index (χ4n) is 3.43. The first-order valence-electron chi connectivity index (χ1n) is 10.2. The summed E-state index contributed by atoms with van der Waals surface area (Å²) in [6.07, 6.45) is 1.61. The van der Waals surface area contributed by atoms with E-state index in [1.165, 1.54) is 41.8 Å². The van der Waals surface area contributed by atoms with Crippen molar-refractivity contribution in [3.8, 4) is 5.75 Å². The first-order valence-corrected chi connectivity index (χ1v) is 12.6. The van der Waals surface area contributed by atoms with Gasteiger partial charge in [0.1, 0.15) is 5.75 Å². The van der Waals surface area contributed by atoms with Crippen LogP contribution < -0.4 is 19.7 Å². The van der Waals surface area contributed by atoms with Crippen LogP contribution in [0.5, 0.6) is 5.75 Å². The van der Waals surface area contributed by atoms with Crippen LogP contribution in [0.1, 0.15) is 13.3 Å². The lowest BCUT2D eigenvalue weighted by atomic mass is 10.1. The van der Waals surface area contributed by atoms with Gasteiger partial charge in [0.2, 0.25) is 11.8 Å². The van der Waals surface area contributed by atoms with E-state index < -0.39 is 15.9 Å². The van der Waals surface area contributed by atoms with E-state index in [-0.39, 0.29) is 34.8 Å². The zero-order chi connectivity index (χ0) is 23.4. The van der Waals surface area contributed by atoms with Crippen LogP contribution >= 0.6 is 11.3 Å². The Morgan fingerprint density at radius 2 is 1.91 bits per heavy atom. The molecule has 0 aliphatic carbocycles. The minimum absolute atomic E-state index is 0.0495. The van der Waals surface area contributed by atoms with E-state index in [0.29, 0.717) is 18.0 Å². The number of rotatable bonds is 8. The quantitative estimate of drug-likeness (QED) is 0.504. The van der Waals surface area contributed by atoms with Gasteiger partial charge in [0.05, 0.1) is 17.4 Å². The Kier molecular flexibility index (Phi) is 6.61. The topological polar surface area (TPSA) is 118 Å². The van der Waals surface area contributed by atoms with Gasteiger partial charge in [-0.25, -0.2) is 13.4 Å². The van der Waals surface area contributed by atoms with Gasteiger partial charge in [-0.05, 0) is 55.5 Å². The van der Waals surface area contributed by atoms with Crippen LogP contribution in [0.3, 0.4) is 0 Å². The third kappa shape index (κ3) is 5.32. The summed E-state index contributed by atoms with van der Waals surface area (Å²) in [5, 5.41) is 4.70. The Balaban J connectivity index is 1.37. The van der Waals surface area contributed by atoms with Gasteiger partial charge < -0.3 is 15.0 Å². The smallest absolute Gasteiger partial charge is 0.263 e. The molecule has 33 heavy (non-hydrogen) atoms. The van der Waals surface area contributed by atoms with Crippen LogP contribution in [0.2, 0.25) is 0 Å². The van der Waals surface area contributed by atoms with Crippen molar-refractivity contribution in [2.45, 2.75) is 18.2 Å². The molecule has 172 valence electrons. The third-order valence-corrected chi connectivity index (χ3v) is 7.21. The van der Waals surface area contributed by atoms with E-state index >= 15 is 0 Å². The average molecular weight is 487 g/mol. The van der Waals surface area contributed by atoms with E-state index in [0.717, 1.165) is 5.75 Å². The number of thiazole rings is 1. The summed E-state index contributed by atoms with van der Waals surface area (Å²) in [5.74, 6) is -0.226. The predicted molar refractivity (Wildman–Crippen MR) is 126 cm³/mol. The average Bonchev–Trinajstić information content (AvgIpc) is 3.44. The van der Waals surface area contributed by atoms with Crippen molar-refractivity contribution < 1.29 is 22.7 Å². The molecule has 9 nitrogen and oxygen atoms in total. The highest BCUT2D eigenvalue weighted by atomic mass is 32.2. The summed E-state index contributed by atoms with van der Waals surface area (Å²) in [6, 6.07) is 13.0. The van der Waals surface area contributed by atoms with E-state index in [1.807, 2.05) is 6.92 Å². The second-order valence-corrected chi connectivity index (χ2v) is 9.87. The van der Waals surface area contributed by atoms with Crippen molar-refractivity contribution >= 4 is 49.7 Å². The van der Waals surface area contributed by atoms with Crippen LogP contribution in [-0.2, 0) is 19.6 Å². The van der Waals surface area contributed by atoms with E-state index in [2.05, 4.69) is 15.0 Å². The molecule has 1 atom stereocenters. The summed E-state index contributed by atoms with van der Waals surface area (Å²) in [7, 11) is -3.77. The van der Waals surface area contributed by atoms with Crippen molar-refractivity contribution in [3.05, 3.63) is 60.1 Å². The lowest BCUT2D eigenvalue weighted by molar-refractivity contribution is -0.122. The number of ether oxygens (including phenoxy) is 1. The lowest BCUT2D eigenvalue weighted by Crippen LogP contribution is -2.28. The molecule has 1 fully saturated rings.